The Kier molecular flexibility index (Phi) is 6.62. The molecule has 1 rings (SSSR count). The highest BCUT2D eigenvalue weighted by Gasteiger charge is 2.07. The van der Waals surface area contributed by atoms with E-state index in [0.29, 0.717) is 19.8 Å². The first-order valence-electron chi connectivity index (χ1n) is 5.83. The molecule has 0 bridgehead atoms. The minimum Gasteiger partial charge on any atom is -0.382 e. The van der Waals surface area contributed by atoms with E-state index in [1.54, 1.807) is 14.2 Å². The number of nitrogens with two attached hydrogens (primary N) is 1. The second-order valence-corrected chi connectivity index (χ2v) is 3.99. The largest absolute Gasteiger partial charge is 0.382 e. The normalized spacial score (nSPS) is 10.8. The first-order chi connectivity index (χ1) is 8.30. The number of ether oxygens (including phenoxy) is 2. The fourth-order valence-corrected chi connectivity index (χ4v) is 1.70. The Labute approximate surface area is 103 Å². The third-order valence-corrected chi connectivity index (χ3v) is 2.49. The van der Waals surface area contributed by atoms with Crippen molar-refractivity contribution < 1.29 is 9.47 Å². The van der Waals surface area contributed by atoms with E-state index < -0.39 is 0 Å². The van der Waals surface area contributed by atoms with Gasteiger partial charge in [-0.1, -0.05) is 12.1 Å². The van der Waals surface area contributed by atoms with Gasteiger partial charge in [0.15, 0.2) is 0 Å². The molecule has 0 fully saturated rings. The molecule has 0 aliphatic carbocycles. The zero-order valence-electron chi connectivity index (χ0n) is 10.6. The topological polar surface area (TPSA) is 56.5 Å². The van der Waals surface area contributed by atoms with Crippen molar-refractivity contribution in [1.82, 2.24) is 0 Å². The van der Waals surface area contributed by atoms with Crippen LogP contribution < -0.4 is 11.1 Å². The Morgan fingerprint density at radius 3 is 2.18 bits per heavy atom. The fourth-order valence-electron chi connectivity index (χ4n) is 1.70. The summed E-state index contributed by atoms with van der Waals surface area (Å²) in [6.45, 7) is 1.93. The summed E-state index contributed by atoms with van der Waals surface area (Å²) in [7, 11) is 3.38. The van der Waals surface area contributed by atoms with Gasteiger partial charge in [0, 0.05) is 19.9 Å². The third-order valence-electron chi connectivity index (χ3n) is 2.49. The van der Waals surface area contributed by atoms with Crippen LogP contribution in [-0.4, -0.2) is 40.0 Å². The van der Waals surface area contributed by atoms with Crippen LogP contribution >= 0.6 is 0 Å². The second kappa shape index (κ2) is 8.06. The van der Waals surface area contributed by atoms with E-state index in [1.807, 2.05) is 0 Å². The van der Waals surface area contributed by atoms with Crippen molar-refractivity contribution in [2.75, 3.05) is 39.3 Å². The molecule has 0 saturated carbocycles. The van der Waals surface area contributed by atoms with Crippen LogP contribution in [0.2, 0.25) is 0 Å². The molecule has 0 atom stereocenters. The molecule has 0 saturated heterocycles. The summed E-state index contributed by atoms with van der Waals surface area (Å²) in [5.74, 6) is 0. The minimum atomic E-state index is 0.172. The number of hydrogen-bond acceptors (Lipinski definition) is 4. The number of anilines is 1. The summed E-state index contributed by atoms with van der Waals surface area (Å²) < 4.78 is 10.3. The second-order valence-electron chi connectivity index (χ2n) is 3.99. The third kappa shape index (κ3) is 5.17. The first-order valence-corrected chi connectivity index (χ1v) is 5.83. The van der Waals surface area contributed by atoms with Crippen molar-refractivity contribution in [3.05, 3.63) is 29.8 Å². The Bertz CT molecular complexity index is 295. The number of rotatable bonds is 8. The Morgan fingerprint density at radius 1 is 1.12 bits per heavy atom. The van der Waals surface area contributed by atoms with Crippen molar-refractivity contribution in [2.45, 2.75) is 12.5 Å². The molecular formula is C13H22N2O2. The lowest BCUT2D eigenvalue weighted by molar-refractivity contribution is 0.126. The zero-order valence-corrected chi connectivity index (χ0v) is 10.6. The summed E-state index contributed by atoms with van der Waals surface area (Å²) in [5, 5.41) is 3.37. The lowest BCUT2D eigenvalue weighted by Crippen LogP contribution is -2.29. The summed E-state index contributed by atoms with van der Waals surface area (Å²) in [4.78, 5) is 0. The van der Waals surface area contributed by atoms with Gasteiger partial charge in [-0.2, -0.15) is 0 Å². The molecule has 0 heterocycles. The molecule has 17 heavy (non-hydrogen) atoms. The quantitative estimate of drug-likeness (QED) is 0.716. The van der Waals surface area contributed by atoms with Gasteiger partial charge in [-0.25, -0.2) is 0 Å². The van der Waals surface area contributed by atoms with E-state index in [9.17, 15) is 0 Å². The van der Waals surface area contributed by atoms with Crippen LogP contribution in [0.5, 0.6) is 0 Å². The molecular weight excluding hydrogens is 216 g/mol. The SMILES string of the molecule is COCC(COC)Nc1ccc(CCN)cc1. The maximum atomic E-state index is 5.51. The van der Waals surface area contributed by atoms with Crippen molar-refractivity contribution in [2.24, 2.45) is 5.73 Å². The maximum absolute atomic E-state index is 5.51. The average molecular weight is 238 g/mol. The van der Waals surface area contributed by atoms with Crippen LogP contribution in [-0.2, 0) is 15.9 Å². The van der Waals surface area contributed by atoms with Gasteiger partial charge in [-0.3, -0.25) is 0 Å². The van der Waals surface area contributed by atoms with Crippen LogP contribution in [0.25, 0.3) is 0 Å². The van der Waals surface area contributed by atoms with E-state index in [0.717, 1.165) is 12.1 Å². The molecule has 0 aromatic heterocycles. The predicted octanol–water partition coefficient (Wildman–Crippen LogP) is 1.26. The van der Waals surface area contributed by atoms with Gasteiger partial charge in [0.25, 0.3) is 0 Å². The van der Waals surface area contributed by atoms with Gasteiger partial charge in [-0.15, -0.1) is 0 Å². The molecule has 0 aliphatic rings. The molecule has 3 N–H and O–H groups in total. The van der Waals surface area contributed by atoms with Gasteiger partial charge in [0.1, 0.15) is 0 Å². The monoisotopic (exact) mass is 238 g/mol. The average Bonchev–Trinajstić information content (AvgIpc) is 2.33. The molecule has 1 aromatic carbocycles. The first kappa shape index (κ1) is 14.0. The van der Waals surface area contributed by atoms with E-state index in [4.69, 9.17) is 15.2 Å². The van der Waals surface area contributed by atoms with Gasteiger partial charge < -0.3 is 20.5 Å². The molecule has 0 amide bonds. The maximum Gasteiger partial charge on any atom is 0.0728 e. The smallest absolute Gasteiger partial charge is 0.0728 e. The molecule has 96 valence electrons. The molecule has 1 aromatic rings. The van der Waals surface area contributed by atoms with Crippen molar-refractivity contribution in [3.8, 4) is 0 Å². The number of benzene rings is 1. The highest BCUT2D eigenvalue weighted by atomic mass is 16.5. The van der Waals surface area contributed by atoms with Crippen LogP contribution in [0.15, 0.2) is 24.3 Å². The van der Waals surface area contributed by atoms with Crippen molar-refractivity contribution in [1.29, 1.82) is 0 Å². The highest BCUT2D eigenvalue weighted by Crippen LogP contribution is 2.11. The Balaban J connectivity index is 2.53. The van der Waals surface area contributed by atoms with Gasteiger partial charge in [-0.05, 0) is 30.7 Å². The molecule has 0 spiro atoms. The lowest BCUT2D eigenvalue weighted by Gasteiger charge is -2.18. The van der Waals surface area contributed by atoms with Gasteiger partial charge in [0.2, 0.25) is 0 Å². The van der Waals surface area contributed by atoms with E-state index in [-0.39, 0.29) is 6.04 Å². The lowest BCUT2D eigenvalue weighted by atomic mass is 10.1. The summed E-state index contributed by atoms with van der Waals surface area (Å²) in [5.41, 5.74) is 7.84. The van der Waals surface area contributed by atoms with Gasteiger partial charge >= 0.3 is 0 Å². The molecule has 4 heteroatoms. The zero-order chi connectivity index (χ0) is 12.5. The van der Waals surface area contributed by atoms with E-state index in [2.05, 4.69) is 29.6 Å². The van der Waals surface area contributed by atoms with Crippen LogP contribution in [0, 0.1) is 0 Å². The molecule has 0 radical (unpaired) electrons. The number of methoxy groups -OCH3 is 2. The van der Waals surface area contributed by atoms with E-state index in [1.165, 1.54) is 5.56 Å². The number of hydrogen-bond donors (Lipinski definition) is 2. The van der Waals surface area contributed by atoms with Crippen LogP contribution in [0.1, 0.15) is 5.56 Å². The Morgan fingerprint density at radius 2 is 1.71 bits per heavy atom. The number of nitrogens with one attached hydrogen (secondary N) is 1. The van der Waals surface area contributed by atoms with Crippen LogP contribution in [0.4, 0.5) is 5.69 Å². The molecule has 4 nitrogen and oxygen atoms in total. The highest BCUT2D eigenvalue weighted by molar-refractivity contribution is 5.45. The summed E-state index contributed by atoms with van der Waals surface area (Å²) in [6.07, 6.45) is 0.917. The predicted molar refractivity (Wildman–Crippen MR) is 70.4 cm³/mol. The van der Waals surface area contributed by atoms with Crippen LogP contribution in [0.3, 0.4) is 0 Å². The van der Waals surface area contributed by atoms with Crippen molar-refractivity contribution in [3.63, 3.8) is 0 Å². The standard InChI is InChI=1S/C13H22N2O2/c1-16-9-13(10-17-2)15-12-5-3-11(4-6-12)7-8-14/h3-6,13,15H,7-10,14H2,1-2H3. The molecule has 0 aliphatic heterocycles. The van der Waals surface area contributed by atoms with Gasteiger partial charge in [0.05, 0.1) is 19.3 Å². The Hall–Kier alpha value is -1.10. The minimum absolute atomic E-state index is 0.172. The molecule has 0 unspecified atom stereocenters. The van der Waals surface area contributed by atoms with E-state index >= 15 is 0 Å². The fraction of sp³-hybridized carbons (Fsp3) is 0.538. The summed E-state index contributed by atoms with van der Waals surface area (Å²) in [6, 6.07) is 8.47. The summed E-state index contributed by atoms with van der Waals surface area (Å²) >= 11 is 0. The van der Waals surface area contributed by atoms with Crippen molar-refractivity contribution >= 4 is 5.69 Å².